The number of anilines is 1. The number of rotatable bonds is 3. The lowest BCUT2D eigenvalue weighted by Crippen LogP contribution is -2.34. The highest BCUT2D eigenvalue weighted by Gasteiger charge is 2.17. The maximum Gasteiger partial charge on any atom is 0.260 e. The Labute approximate surface area is 92.5 Å². The summed E-state index contributed by atoms with van der Waals surface area (Å²) in [5.74, 6) is -0.832. The molecule has 3 N–H and O–H groups in total. The molecule has 1 unspecified atom stereocenters. The number of carbonyl (C=O) groups is 2. The average molecular weight is 226 g/mol. The molecular weight excluding hydrogens is 212 g/mol. The summed E-state index contributed by atoms with van der Waals surface area (Å²) >= 11 is 1.28. The third kappa shape index (κ3) is 2.79. The molecule has 1 aromatic heterocycles. The van der Waals surface area contributed by atoms with Crippen molar-refractivity contribution in [2.75, 3.05) is 5.73 Å². The van der Waals surface area contributed by atoms with Gasteiger partial charge in [0.1, 0.15) is 0 Å². The second-order valence-electron chi connectivity index (χ2n) is 3.33. The average Bonchev–Trinajstić information content (AvgIpc) is 2.63. The lowest BCUT2D eigenvalue weighted by atomic mass is 10.1. The molecule has 1 heterocycles. The Kier molecular flexibility index (Phi) is 3.85. The number of hydrogen-bond acceptors (Lipinski definition) is 4. The van der Waals surface area contributed by atoms with Gasteiger partial charge < -0.3 is 5.73 Å². The second kappa shape index (κ2) is 4.93. The van der Waals surface area contributed by atoms with E-state index in [4.69, 9.17) is 5.73 Å². The van der Waals surface area contributed by atoms with Crippen molar-refractivity contribution in [2.45, 2.75) is 20.3 Å². The van der Waals surface area contributed by atoms with Gasteiger partial charge in [-0.2, -0.15) is 0 Å². The van der Waals surface area contributed by atoms with Gasteiger partial charge in [-0.05, 0) is 17.9 Å². The molecule has 0 saturated carbocycles. The van der Waals surface area contributed by atoms with Crippen molar-refractivity contribution in [2.24, 2.45) is 5.92 Å². The Morgan fingerprint density at radius 1 is 1.60 bits per heavy atom. The zero-order valence-electron chi connectivity index (χ0n) is 8.74. The van der Waals surface area contributed by atoms with E-state index in [0.717, 1.165) is 0 Å². The summed E-state index contributed by atoms with van der Waals surface area (Å²) in [5.41, 5.74) is 5.94. The van der Waals surface area contributed by atoms with Crippen molar-refractivity contribution in [1.82, 2.24) is 5.32 Å². The molecular formula is C10H14N2O2S. The summed E-state index contributed by atoms with van der Waals surface area (Å²) in [5, 5.41) is 4.48. The lowest BCUT2D eigenvalue weighted by molar-refractivity contribution is -0.123. The molecule has 15 heavy (non-hydrogen) atoms. The SMILES string of the molecule is CCC(C)C(=O)NC(=O)c1ccsc1N. The van der Waals surface area contributed by atoms with E-state index in [9.17, 15) is 9.59 Å². The lowest BCUT2D eigenvalue weighted by Gasteiger charge is -2.08. The molecule has 82 valence electrons. The molecule has 0 aromatic carbocycles. The Balaban J connectivity index is 2.65. The quantitative estimate of drug-likeness (QED) is 0.822. The van der Waals surface area contributed by atoms with Crippen LogP contribution in [0.4, 0.5) is 5.00 Å². The third-order valence-electron chi connectivity index (χ3n) is 2.24. The topological polar surface area (TPSA) is 72.2 Å². The highest BCUT2D eigenvalue weighted by Crippen LogP contribution is 2.18. The molecule has 0 bridgehead atoms. The molecule has 1 rings (SSSR count). The molecule has 0 saturated heterocycles. The number of imide groups is 1. The predicted molar refractivity (Wildman–Crippen MR) is 60.7 cm³/mol. The van der Waals surface area contributed by atoms with Gasteiger partial charge in [-0.25, -0.2) is 0 Å². The van der Waals surface area contributed by atoms with Gasteiger partial charge in [0.2, 0.25) is 5.91 Å². The number of thiophene rings is 1. The minimum Gasteiger partial charge on any atom is -0.390 e. The van der Waals surface area contributed by atoms with Crippen LogP contribution in [0.2, 0.25) is 0 Å². The summed E-state index contributed by atoms with van der Waals surface area (Å²) < 4.78 is 0. The van der Waals surface area contributed by atoms with Gasteiger partial charge in [0.25, 0.3) is 5.91 Å². The molecule has 0 spiro atoms. The highest BCUT2D eigenvalue weighted by molar-refractivity contribution is 7.14. The van der Waals surface area contributed by atoms with Crippen LogP contribution in [-0.2, 0) is 4.79 Å². The molecule has 4 nitrogen and oxygen atoms in total. The van der Waals surface area contributed by atoms with Crippen molar-refractivity contribution in [3.8, 4) is 0 Å². The fourth-order valence-electron chi connectivity index (χ4n) is 0.996. The van der Waals surface area contributed by atoms with E-state index >= 15 is 0 Å². The Morgan fingerprint density at radius 3 is 2.73 bits per heavy atom. The van der Waals surface area contributed by atoms with Crippen molar-refractivity contribution in [1.29, 1.82) is 0 Å². The van der Waals surface area contributed by atoms with Gasteiger partial charge >= 0.3 is 0 Å². The summed E-state index contributed by atoms with van der Waals surface area (Å²) in [4.78, 5) is 23.0. The van der Waals surface area contributed by atoms with Crippen LogP contribution < -0.4 is 11.1 Å². The monoisotopic (exact) mass is 226 g/mol. The Morgan fingerprint density at radius 2 is 2.27 bits per heavy atom. The zero-order valence-corrected chi connectivity index (χ0v) is 9.56. The smallest absolute Gasteiger partial charge is 0.260 e. The van der Waals surface area contributed by atoms with Gasteiger partial charge in [-0.3, -0.25) is 14.9 Å². The molecule has 0 aliphatic carbocycles. The van der Waals surface area contributed by atoms with E-state index in [-0.39, 0.29) is 11.8 Å². The normalized spacial score (nSPS) is 12.1. The van der Waals surface area contributed by atoms with E-state index < -0.39 is 5.91 Å². The molecule has 2 amide bonds. The first kappa shape index (κ1) is 11.7. The van der Waals surface area contributed by atoms with E-state index in [0.29, 0.717) is 17.0 Å². The summed E-state index contributed by atoms with van der Waals surface area (Å²) in [6.45, 7) is 3.67. The predicted octanol–water partition coefficient (Wildman–Crippen LogP) is 1.63. The largest absolute Gasteiger partial charge is 0.390 e. The van der Waals surface area contributed by atoms with Crippen LogP contribution in [-0.4, -0.2) is 11.8 Å². The van der Waals surface area contributed by atoms with Crippen molar-refractivity contribution < 1.29 is 9.59 Å². The van der Waals surface area contributed by atoms with Crippen molar-refractivity contribution in [3.63, 3.8) is 0 Å². The second-order valence-corrected chi connectivity index (χ2v) is 4.27. The fraction of sp³-hybridized carbons (Fsp3) is 0.400. The van der Waals surface area contributed by atoms with E-state index in [1.165, 1.54) is 11.3 Å². The zero-order chi connectivity index (χ0) is 11.4. The van der Waals surface area contributed by atoms with Gasteiger partial charge in [-0.1, -0.05) is 13.8 Å². The van der Waals surface area contributed by atoms with Crippen LogP contribution in [0.3, 0.4) is 0 Å². The molecule has 0 radical (unpaired) electrons. The fourth-order valence-corrected chi connectivity index (χ4v) is 1.63. The maximum absolute atomic E-state index is 11.6. The number of nitrogens with two attached hydrogens (primary N) is 1. The van der Waals surface area contributed by atoms with Crippen molar-refractivity contribution in [3.05, 3.63) is 17.0 Å². The molecule has 1 atom stereocenters. The van der Waals surface area contributed by atoms with Gasteiger partial charge in [0.05, 0.1) is 10.6 Å². The van der Waals surface area contributed by atoms with Crippen LogP contribution in [0, 0.1) is 5.92 Å². The number of amides is 2. The molecule has 0 aliphatic rings. The minimum atomic E-state index is -0.418. The first-order valence-corrected chi connectivity index (χ1v) is 5.62. The first-order chi connectivity index (χ1) is 7.06. The number of hydrogen-bond donors (Lipinski definition) is 2. The van der Waals surface area contributed by atoms with Crippen LogP contribution in [0.5, 0.6) is 0 Å². The van der Waals surface area contributed by atoms with Crippen LogP contribution >= 0.6 is 11.3 Å². The first-order valence-electron chi connectivity index (χ1n) is 4.74. The minimum absolute atomic E-state index is 0.159. The molecule has 0 fully saturated rings. The molecule has 5 heteroatoms. The summed E-state index contributed by atoms with van der Waals surface area (Å²) in [6, 6.07) is 1.61. The van der Waals surface area contributed by atoms with E-state index in [2.05, 4.69) is 5.32 Å². The van der Waals surface area contributed by atoms with Crippen LogP contribution in [0.1, 0.15) is 30.6 Å². The summed E-state index contributed by atoms with van der Waals surface area (Å²) in [7, 11) is 0. The number of carbonyl (C=O) groups excluding carboxylic acids is 2. The molecule has 1 aromatic rings. The number of nitrogens with one attached hydrogen (secondary N) is 1. The van der Waals surface area contributed by atoms with Crippen molar-refractivity contribution >= 4 is 28.2 Å². The highest BCUT2D eigenvalue weighted by atomic mass is 32.1. The van der Waals surface area contributed by atoms with Crippen LogP contribution in [0.25, 0.3) is 0 Å². The van der Waals surface area contributed by atoms with E-state index in [1.54, 1.807) is 18.4 Å². The third-order valence-corrected chi connectivity index (χ3v) is 2.98. The van der Waals surface area contributed by atoms with E-state index in [1.807, 2.05) is 6.92 Å². The maximum atomic E-state index is 11.6. The Hall–Kier alpha value is -1.36. The molecule has 0 aliphatic heterocycles. The van der Waals surface area contributed by atoms with Gasteiger partial charge in [0, 0.05) is 5.92 Å². The standard InChI is InChI=1S/C10H14N2O2S/c1-3-6(2)9(13)12-10(14)7-4-5-15-8(7)11/h4-6H,3,11H2,1-2H3,(H,12,13,14). The summed E-state index contributed by atoms with van der Waals surface area (Å²) in [6.07, 6.45) is 0.707. The number of nitrogen functional groups attached to an aromatic ring is 1. The van der Waals surface area contributed by atoms with Gasteiger partial charge in [-0.15, -0.1) is 11.3 Å². The van der Waals surface area contributed by atoms with Crippen LogP contribution in [0.15, 0.2) is 11.4 Å². The Bertz CT molecular complexity index is 373. The van der Waals surface area contributed by atoms with Gasteiger partial charge in [0.15, 0.2) is 0 Å².